The summed E-state index contributed by atoms with van der Waals surface area (Å²) in [5.41, 5.74) is 2.74. The number of aromatic nitrogens is 2. The molecule has 8 heteroatoms. The Hall–Kier alpha value is -3.13. The lowest BCUT2D eigenvalue weighted by Gasteiger charge is -2.36. The fraction of sp³-hybridized carbons (Fsp3) is 0.360. The molecule has 1 aliphatic rings. The Bertz CT molecular complexity index is 1070. The summed E-state index contributed by atoms with van der Waals surface area (Å²) in [5.74, 6) is 0.488. The summed E-state index contributed by atoms with van der Waals surface area (Å²) < 4.78 is 39.3. The van der Waals surface area contributed by atoms with Gasteiger partial charge in [-0.05, 0) is 68.2 Å². The molecule has 1 N–H and O–H groups in total. The van der Waals surface area contributed by atoms with E-state index in [1.807, 2.05) is 42.5 Å². The smallest absolute Gasteiger partial charge is 0.371 e. The van der Waals surface area contributed by atoms with Crippen LogP contribution in [0.15, 0.2) is 60.8 Å². The lowest BCUT2D eigenvalue weighted by molar-refractivity contribution is -0.141. The average Bonchev–Trinajstić information content (AvgIpc) is 2.79. The number of hydrogen-bond acceptors (Lipinski definition) is 5. The Morgan fingerprint density at radius 2 is 1.85 bits per heavy atom. The van der Waals surface area contributed by atoms with Crippen LogP contribution in [0.3, 0.4) is 0 Å². The molecular weight excluding hydrogens is 427 g/mol. The normalized spacial score (nSPS) is 16.8. The van der Waals surface area contributed by atoms with Gasteiger partial charge in [0.25, 0.3) is 0 Å². The van der Waals surface area contributed by atoms with Crippen molar-refractivity contribution in [3.63, 3.8) is 0 Å². The van der Waals surface area contributed by atoms with Crippen LogP contribution in [-0.4, -0.2) is 48.6 Å². The second-order valence-electron chi connectivity index (χ2n) is 8.74. The van der Waals surface area contributed by atoms with Gasteiger partial charge < -0.3 is 15.1 Å². The average molecular weight is 456 g/mol. The number of piperidine rings is 1. The molecule has 1 aliphatic heterocycles. The summed E-state index contributed by atoms with van der Waals surface area (Å²) in [6.07, 6.45) is -1.11. The summed E-state index contributed by atoms with van der Waals surface area (Å²) in [6.45, 7) is 2.91. The maximum absolute atomic E-state index is 13.1. The van der Waals surface area contributed by atoms with Crippen LogP contribution >= 0.6 is 0 Å². The van der Waals surface area contributed by atoms with Crippen molar-refractivity contribution < 1.29 is 13.2 Å². The third kappa shape index (κ3) is 6.01. The topological polar surface area (TPSA) is 44.3 Å². The molecule has 1 fully saturated rings. The van der Waals surface area contributed by atoms with E-state index in [9.17, 15) is 13.2 Å². The third-order valence-corrected chi connectivity index (χ3v) is 5.73. The molecule has 1 saturated heterocycles. The van der Waals surface area contributed by atoms with Crippen molar-refractivity contribution in [2.24, 2.45) is 5.92 Å². The molecule has 0 bridgehead atoms. The predicted octanol–water partition coefficient (Wildman–Crippen LogP) is 5.68. The number of alkyl halides is 3. The molecule has 0 saturated carbocycles. The van der Waals surface area contributed by atoms with Crippen LogP contribution in [0.4, 0.5) is 30.5 Å². The van der Waals surface area contributed by atoms with Gasteiger partial charge in [0.05, 0.1) is 0 Å². The minimum Gasteiger partial charge on any atom is -0.371 e. The maximum Gasteiger partial charge on any atom is 0.433 e. The van der Waals surface area contributed by atoms with Crippen molar-refractivity contribution >= 4 is 17.3 Å². The molecule has 4 rings (SSSR count). The molecule has 2 aromatic carbocycles. The van der Waals surface area contributed by atoms with Crippen LogP contribution in [0.2, 0.25) is 0 Å². The highest BCUT2D eigenvalue weighted by molar-refractivity contribution is 5.76. The number of hydrogen-bond donors (Lipinski definition) is 1. The van der Waals surface area contributed by atoms with Crippen LogP contribution in [0, 0.1) is 5.92 Å². The van der Waals surface area contributed by atoms with E-state index in [2.05, 4.69) is 45.2 Å². The monoisotopic (exact) mass is 455 g/mol. The zero-order chi connectivity index (χ0) is 23.4. The first-order valence-corrected chi connectivity index (χ1v) is 11.1. The van der Waals surface area contributed by atoms with Gasteiger partial charge in [0.15, 0.2) is 0 Å². The van der Waals surface area contributed by atoms with Gasteiger partial charge in [0.2, 0.25) is 5.95 Å². The number of benzene rings is 2. The van der Waals surface area contributed by atoms with E-state index < -0.39 is 11.9 Å². The summed E-state index contributed by atoms with van der Waals surface area (Å²) in [5, 5.41) is 2.99. The van der Waals surface area contributed by atoms with Crippen molar-refractivity contribution in [3.8, 4) is 11.1 Å². The van der Waals surface area contributed by atoms with Crippen LogP contribution in [0.5, 0.6) is 0 Å². The first-order valence-electron chi connectivity index (χ1n) is 11.1. The fourth-order valence-electron chi connectivity index (χ4n) is 4.33. The van der Waals surface area contributed by atoms with Gasteiger partial charge >= 0.3 is 6.18 Å². The highest BCUT2D eigenvalue weighted by Crippen LogP contribution is 2.33. The molecule has 1 unspecified atom stereocenters. The molecule has 0 radical (unpaired) electrons. The number of nitrogens with zero attached hydrogens (tertiary/aromatic N) is 4. The second-order valence-corrected chi connectivity index (χ2v) is 8.74. The molecule has 0 spiro atoms. The molecule has 0 amide bonds. The largest absolute Gasteiger partial charge is 0.433 e. The van der Waals surface area contributed by atoms with E-state index in [-0.39, 0.29) is 5.95 Å². The van der Waals surface area contributed by atoms with Gasteiger partial charge in [-0.1, -0.05) is 30.3 Å². The highest BCUT2D eigenvalue weighted by Gasteiger charge is 2.32. The Morgan fingerprint density at radius 3 is 2.58 bits per heavy atom. The molecule has 3 aromatic rings. The molecule has 5 nitrogen and oxygen atoms in total. The summed E-state index contributed by atoms with van der Waals surface area (Å²) in [6, 6.07) is 16.8. The minimum atomic E-state index is -4.52. The summed E-state index contributed by atoms with van der Waals surface area (Å²) in [4.78, 5) is 12.2. The molecule has 1 aromatic heterocycles. The fourth-order valence-corrected chi connectivity index (χ4v) is 4.33. The van der Waals surface area contributed by atoms with E-state index >= 15 is 0 Å². The van der Waals surface area contributed by atoms with Gasteiger partial charge in [-0.15, -0.1) is 0 Å². The highest BCUT2D eigenvalue weighted by atomic mass is 19.4. The number of rotatable bonds is 6. The molecule has 33 heavy (non-hydrogen) atoms. The standard InChI is InChI=1S/C25H28F3N5/c1-32(2)16-18-7-6-12-33(17-18)22-14-20(19-8-4-3-5-9-19)13-21(15-22)30-24-29-11-10-23(31-24)25(26,27)28/h3-5,8-11,13-15,18H,6-7,12,16-17H2,1-2H3,(H,29,30,31). The minimum absolute atomic E-state index is 0.0786. The molecule has 2 heterocycles. The molecule has 0 aliphatic carbocycles. The van der Waals surface area contributed by atoms with Crippen LogP contribution < -0.4 is 10.2 Å². The van der Waals surface area contributed by atoms with E-state index in [0.29, 0.717) is 11.6 Å². The first-order chi connectivity index (χ1) is 15.8. The molecule has 174 valence electrons. The van der Waals surface area contributed by atoms with Crippen LogP contribution in [0.1, 0.15) is 18.5 Å². The Labute approximate surface area is 192 Å². The first kappa shape index (κ1) is 23.0. The van der Waals surface area contributed by atoms with Crippen molar-refractivity contribution in [1.82, 2.24) is 14.9 Å². The van der Waals surface area contributed by atoms with E-state index in [1.54, 1.807) is 0 Å². The Morgan fingerprint density at radius 1 is 1.06 bits per heavy atom. The number of halogens is 3. The lowest BCUT2D eigenvalue weighted by atomic mass is 9.96. The van der Waals surface area contributed by atoms with Gasteiger partial charge in [-0.2, -0.15) is 13.2 Å². The molecular formula is C25H28F3N5. The third-order valence-electron chi connectivity index (χ3n) is 5.73. The van der Waals surface area contributed by atoms with E-state index in [0.717, 1.165) is 55.1 Å². The Balaban J connectivity index is 1.67. The number of anilines is 3. The van der Waals surface area contributed by atoms with Gasteiger partial charge in [0, 0.05) is 37.2 Å². The van der Waals surface area contributed by atoms with Crippen LogP contribution in [-0.2, 0) is 6.18 Å². The van der Waals surface area contributed by atoms with E-state index in [4.69, 9.17) is 0 Å². The van der Waals surface area contributed by atoms with Crippen molar-refractivity contribution in [2.45, 2.75) is 19.0 Å². The molecule has 1 atom stereocenters. The zero-order valence-corrected chi connectivity index (χ0v) is 18.8. The van der Waals surface area contributed by atoms with Gasteiger partial charge in [0.1, 0.15) is 5.69 Å². The SMILES string of the molecule is CN(C)CC1CCCN(c2cc(Nc3nccc(C(F)(F)F)n3)cc(-c3ccccc3)c2)C1. The lowest BCUT2D eigenvalue weighted by Crippen LogP contribution is -2.39. The van der Waals surface area contributed by atoms with E-state index in [1.165, 1.54) is 6.42 Å². The Kier molecular flexibility index (Phi) is 6.83. The van der Waals surface area contributed by atoms with Gasteiger partial charge in [-0.25, -0.2) is 9.97 Å². The van der Waals surface area contributed by atoms with Crippen molar-refractivity contribution in [1.29, 1.82) is 0 Å². The number of nitrogens with one attached hydrogen (secondary N) is 1. The predicted molar refractivity (Wildman–Crippen MR) is 126 cm³/mol. The second kappa shape index (κ2) is 9.79. The quantitative estimate of drug-likeness (QED) is 0.518. The summed E-state index contributed by atoms with van der Waals surface area (Å²) in [7, 11) is 4.18. The maximum atomic E-state index is 13.1. The van der Waals surface area contributed by atoms with Crippen LogP contribution in [0.25, 0.3) is 11.1 Å². The van der Waals surface area contributed by atoms with Crippen molar-refractivity contribution in [2.75, 3.05) is 43.9 Å². The summed E-state index contributed by atoms with van der Waals surface area (Å²) >= 11 is 0. The van der Waals surface area contributed by atoms with Gasteiger partial charge in [-0.3, -0.25) is 0 Å². The van der Waals surface area contributed by atoms with Crippen molar-refractivity contribution in [3.05, 3.63) is 66.5 Å². The zero-order valence-electron chi connectivity index (χ0n) is 18.8.